The quantitative estimate of drug-likeness (QED) is 0.391. The first kappa shape index (κ1) is 16.1. The summed E-state index contributed by atoms with van der Waals surface area (Å²) in [5.41, 5.74) is 3.69. The van der Waals surface area contributed by atoms with Crippen molar-refractivity contribution in [1.29, 1.82) is 0 Å². The Bertz CT molecular complexity index is 459. The first-order chi connectivity index (χ1) is 9.47. The summed E-state index contributed by atoms with van der Waals surface area (Å²) in [5.74, 6) is 4.74. The van der Waals surface area contributed by atoms with Gasteiger partial charge in [0.05, 0.1) is 0 Å². The lowest BCUT2D eigenvalue weighted by molar-refractivity contribution is -0.124. The number of carbonyl (C=O) groups excluding carboxylic acids is 2. The molecule has 0 radical (unpaired) electrons. The monoisotopic (exact) mass is 278 g/mol. The van der Waals surface area contributed by atoms with Gasteiger partial charge in [0.1, 0.15) is 0 Å². The highest BCUT2D eigenvalue weighted by atomic mass is 16.2. The van der Waals surface area contributed by atoms with Gasteiger partial charge < -0.3 is 10.2 Å². The molecule has 0 aliphatic carbocycles. The van der Waals surface area contributed by atoms with Crippen molar-refractivity contribution in [2.75, 3.05) is 20.6 Å². The van der Waals surface area contributed by atoms with Crippen molar-refractivity contribution in [2.45, 2.75) is 13.5 Å². The molecule has 1 aromatic rings. The Hall–Kier alpha value is -1.92. The van der Waals surface area contributed by atoms with Gasteiger partial charge in [0.15, 0.2) is 0 Å². The topological polar surface area (TPSA) is 87.5 Å². The van der Waals surface area contributed by atoms with Gasteiger partial charge in [0, 0.05) is 31.6 Å². The minimum atomic E-state index is -0.307. The van der Waals surface area contributed by atoms with Gasteiger partial charge in [-0.1, -0.05) is 19.1 Å². The van der Waals surface area contributed by atoms with Crippen molar-refractivity contribution in [3.8, 4) is 0 Å². The predicted octanol–water partition coefficient (Wildman–Crippen LogP) is 0.104. The molecule has 1 atom stereocenters. The summed E-state index contributed by atoms with van der Waals surface area (Å²) in [5, 5.41) is 2.64. The maximum Gasteiger partial charge on any atom is 0.265 e. The van der Waals surface area contributed by atoms with E-state index in [1.807, 2.05) is 26.1 Å². The summed E-state index contributed by atoms with van der Waals surface area (Å²) in [4.78, 5) is 24.8. The molecule has 0 aromatic heterocycles. The zero-order valence-electron chi connectivity index (χ0n) is 12.1. The van der Waals surface area contributed by atoms with Crippen molar-refractivity contribution in [1.82, 2.24) is 15.6 Å². The molecule has 0 aliphatic heterocycles. The SMILES string of the molecule is CNC(=O)C(C)CN(C)Cc1ccc(C(=O)NN)cc1. The number of amides is 2. The number of carbonyl (C=O) groups is 2. The third kappa shape index (κ3) is 4.64. The number of hydrazine groups is 1. The minimum Gasteiger partial charge on any atom is -0.359 e. The number of benzene rings is 1. The van der Waals surface area contributed by atoms with Crippen LogP contribution in [-0.4, -0.2) is 37.4 Å². The molecule has 20 heavy (non-hydrogen) atoms. The summed E-state index contributed by atoms with van der Waals surface area (Å²) in [6.07, 6.45) is 0. The van der Waals surface area contributed by atoms with E-state index in [4.69, 9.17) is 5.84 Å². The normalized spacial score (nSPS) is 12.1. The average Bonchev–Trinajstić information content (AvgIpc) is 2.46. The van der Waals surface area contributed by atoms with Crippen molar-refractivity contribution in [3.05, 3.63) is 35.4 Å². The predicted molar refractivity (Wildman–Crippen MR) is 77.7 cm³/mol. The van der Waals surface area contributed by atoms with Crippen LogP contribution in [0.25, 0.3) is 0 Å². The lowest BCUT2D eigenvalue weighted by atomic mass is 10.1. The maximum atomic E-state index is 11.5. The van der Waals surface area contributed by atoms with E-state index in [1.165, 1.54) is 0 Å². The van der Waals surface area contributed by atoms with Crippen LogP contribution in [0.2, 0.25) is 0 Å². The Labute approximate surface area is 119 Å². The Kier molecular flexibility index (Phi) is 6.14. The first-order valence-corrected chi connectivity index (χ1v) is 6.48. The Morgan fingerprint density at radius 2 is 1.90 bits per heavy atom. The molecule has 2 amide bonds. The highest BCUT2D eigenvalue weighted by Crippen LogP contribution is 2.08. The van der Waals surface area contributed by atoms with Crippen LogP contribution in [0.1, 0.15) is 22.8 Å². The van der Waals surface area contributed by atoms with Crippen LogP contribution >= 0.6 is 0 Å². The van der Waals surface area contributed by atoms with Crippen molar-refractivity contribution in [3.63, 3.8) is 0 Å². The van der Waals surface area contributed by atoms with E-state index in [0.29, 0.717) is 18.7 Å². The molecule has 4 N–H and O–H groups in total. The van der Waals surface area contributed by atoms with Crippen LogP contribution in [-0.2, 0) is 11.3 Å². The van der Waals surface area contributed by atoms with Crippen LogP contribution in [0.5, 0.6) is 0 Å². The molecular formula is C14H22N4O2. The number of nitrogen functional groups attached to an aromatic ring is 1. The molecule has 110 valence electrons. The Balaban J connectivity index is 2.56. The summed E-state index contributed by atoms with van der Waals surface area (Å²) in [6, 6.07) is 7.22. The molecule has 0 fully saturated rings. The Morgan fingerprint density at radius 1 is 1.30 bits per heavy atom. The molecule has 0 heterocycles. The standard InChI is InChI=1S/C14H22N4O2/c1-10(13(19)16-2)8-18(3)9-11-4-6-12(7-5-11)14(20)17-15/h4-7,10H,8-9,15H2,1-3H3,(H,16,19)(H,17,20). The van der Waals surface area contributed by atoms with E-state index in [0.717, 1.165) is 5.56 Å². The minimum absolute atomic E-state index is 0.0341. The van der Waals surface area contributed by atoms with E-state index in [-0.39, 0.29) is 17.7 Å². The number of hydrogen-bond donors (Lipinski definition) is 3. The van der Waals surface area contributed by atoms with Crippen molar-refractivity contribution >= 4 is 11.8 Å². The van der Waals surface area contributed by atoms with E-state index in [9.17, 15) is 9.59 Å². The molecular weight excluding hydrogens is 256 g/mol. The van der Waals surface area contributed by atoms with E-state index >= 15 is 0 Å². The van der Waals surface area contributed by atoms with Gasteiger partial charge in [0.25, 0.3) is 5.91 Å². The van der Waals surface area contributed by atoms with Gasteiger partial charge in [-0.25, -0.2) is 5.84 Å². The second-order valence-corrected chi connectivity index (χ2v) is 4.88. The number of nitrogens with two attached hydrogens (primary N) is 1. The molecule has 0 aliphatic rings. The number of hydrogen-bond acceptors (Lipinski definition) is 4. The largest absolute Gasteiger partial charge is 0.359 e. The van der Waals surface area contributed by atoms with Crippen molar-refractivity contribution in [2.24, 2.45) is 11.8 Å². The molecule has 0 spiro atoms. The van der Waals surface area contributed by atoms with Gasteiger partial charge in [-0.3, -0.25) is 15.0 Å². The highest BCUT2D eigenvalue weighted by Gasteiger charge is 2.13. The van der Waals surface area contributed by atoms with Gasteiger partial charge in [-0.2, -0.15) is 0 Å². The second-order valence-electron chi connectivity index (χ2n) is 4.88. The van der Waals surface area contributed by atoms with Crippen LogP contribution in [0.15, 0.2) is 24.3 Å². The molecule has 0 saturated heterocycles. The number of rotatable bonds is 6. The first-order valence-electron chi connectivity index (χ1n) is 6.48. The smallest absolute Gasteiger partial charge is 0.265 e. The average molecular weight is 278 g/mol. The molecule has 1 unspecified atom stereocenters. The zero-order valence-corrected chi connectivity index (χ0v) is 12.1. The Morgan fingerprint density at radius 3 is 2.40 bits per heavy atom. The third-order valence-corrected chi connectivity index (χ3v) is 3.08. The molecule has 1 rings (SSSR count). The van der Waals surface area contributed by atoms with Crippen LogP contribution in [0.4, 0.5) is 0 Å². The van der Waals surface area contributed by atoms with Crippen LogP contribution in [0, 0.1) is 5.92 Å². The summed E-state index contributed by atoms with van der Waals surface area (Å²) in [7, 11) is 3.60. The van der Waals surface area contributed by atoms with Gasteiger partial charge >= 0.3 is 0 Å². The fourth-order valence-electron chi connectivity index (χ4n) is 2.02. The second kappa shape index (κ2) is 7.62. The van der Waals surface area contributed by atoms with Gasteiger partial charge in [-0.05, 0) is 24.7 Å². The maximum absolute atomic E-state index is 11.5. The molecule has 6 nitrogen and oxygen atoms in total. The lowest BCUT2D eigenvalue weighted by Crippen LogP contribution is -2.34. The van der Waals surface area contributed by atoms with E-state index < -0.39 is 0 Å². The lowest BCUT2D eigenvalue weighted by Gasteiger charge is -2.20. The number of nitrogens with zero attached hydrogens (tertiary/aromatic N) is 1. The van der Waals surface area contributed by atoms with Gasteiger partial charge in [-0.15, -0.1) is 0 Å². The van der Waals surface area contributed by atoms with Crippen molar-refractivity contribution < 1.29 is 9.59 Å². The highest BCUT2D eigenvalue weighted by molar-refractivity contribution is 5.93. The summed E-state index contributed by atoms with van der Waals surface area (Å²) in [6.45, 7) is 3.28. The van der Waals surface area contributed by atoms with E-state index in [1.54, 1.807) is 19.2 Å². The number of nitrogens with one attached hydrogen (secondary N) is 2. The fourth-order valence-corrected chi connectivity index (χ4v) is 2.02. The van der Waals surface area contributed by atoms with Gasteiger partial charge in [0.2, 0.25) is 5.91 Å². The summed E-state index contributed by atoms with van der Waals surface area (Å²) >= 11 is 0. The zero-order chi connectivity index (χ0) is 15.1. The van der Waals surface area contributed by atoms with E-state index in [2.05, 4.69) is 15.6 Å². The van der Waals surface area contributed by atoms with Crippen LogP contribution in [0.3, 0.4) is 0 Å². The molecule has 0 bridgehead atoms. The molecule has 0 saturated carbocycles. The summed E-state index contributed by atoms with van der Waals surface area (Å²) < 4.78 is 0. The molecule has 6 heteroatoms. The third-order valence-electron chi connectivity index (χ3n) is 3.08. The van der Waals surface area contributed by atoms with Crippen LogP contribution < -0.4 is 16.6 Å². The fraction of sp³-hybridized carbons (Fsp3) is 0.429. The molecule has 1 aromatic carbocycles.